The highest BCUT2D eigenvalue weighted by Crippen LogP contribution is 2.36. The summed E-state index contributed by atoms with van der Waals surface area (Å²) in [4.78, 5) is 12.5. The van der Waals surface area contributed by atoms with Gasteiger partial charge in [0.05, 0.1) is 0 Å². The number of hydrogen-bond donors (Lipinski definition) is 3. The zero-order valence-electron chi connectivity index (χ0n) is 12.5. The fraction of sp³-hybridized carbons (Fsp3) is 0.857. The minimum Gasteiger partial charge on any atom is -0.409 e. The second-order valence-electron chi connectivity index (χ2n) is 6.43. The number of carbonyl (C=O) groups is 1. The summed E-state index contributed by atoms with van der Waals surface area (Å²) in [5, 5.41) is 15.0. The van der Waals surface area contributed by atoms with E-state index in [0.29, 0.717) is 6.42 Å². The van der Waals surface area contributed by atoms with E-state index in [1.54, 1.807) is 6.92 Å². The van der Waals surface area contributed by atoms with E-state index < -0.39 is 5.41 Å². The Morgan fingerprint density at radius 2 is 2.16 bits per heavy atom. The quantitative estimate of drug-likeness (QED) is 0.316. The molecule has 2 unspecified atom stereocenters. The van der Waals surface area contributed by atoms with E-state index in [0.717, 1.165) is 19.3 Å². The number of nitrogens with two attached hydrogens (primary N) is 1. The third kappa shape index (κ3) is 3.19. The predicted molar refractivity (Wildman–Crippen MR) is 76.0 cm³/mol. The van der Waals surface area contributed by atoms with Crippen LogP contribution in [0.25, 0.3) is 0 Å². The highest BCUT2D eigenvalue weighted by atomic mass is 16.4. The van der Waals surface area contributed by atoms with E-state index in [1.165, 1.54) is 6.42 Å². The second-order valence-corrected chi connectivity index (χ2v) is 6.43. The SMILES string of the molecule is CCC(C)(C(=O)NC1CCCCC1(C)C)C(N)=NO. The summed E-state index contributed by atoms with van der Waals surface area (Å²) in [6.45, 7) is 7.95. The van der Waals surface area contributed by atoms with Crippen LogP contribution in [0.4, 0.5) is 0 Å². The summed E-state index contributed by atoms with van der Waals surface area (Å²) < 4.78 is 0. The van der Waals surface area contributed by atoms with Crippen LogP contribution in [0.3, 0.4) is 0 Å². The van der Waals surface area contributed by atoms with Crippen LogP contribution in [0.5, 0.6) is 0 Å². The first-order valence-electron chi connectivity index (χ1n) is 7.07. The van der Waals surface area contributed by atoms with Crippen LogP contribution < -0.4 is 11.1 Å². The van der Waals surface area contributed by atoms with E-state index in [-0.39, 0.29) is 23.2 Å². The molecule has 1 aliphatic rings. The highest BCUT2D eigenvalue weighted by molar-refractivity contribution is 6.06. The van der Waals surface area contributed by atoms with Gasteiger partial charge in [-0.25, -0.2) is 0 Å². The lowest BCUT2D eigenvalue weighted by Gasteiger charge is -2.40. The monoisotopic (exact) mass is 269 g/mol. The van der Waals surface area contributed by atoms with Crippen molar-refractivity contribution in [1.29, 1.82) is 0 Å². The molecule has 110 valence electrons. The van der Waals surface area contributed by atoms with E-state index in [1.807, 2.05) is 6.92 Å². The van der Waals surface area contributed by atoms with Gasteiger partial charge in [0.1, 0.15) is 5.41 Å². The number of hydrogen-bond acceptors (Lipinski definition) is 3. The molecule has 2 atom stereocenters. The minimum atomic E-state index is -0.942. The third-order valence-electron chi connectivity index (χ3n) is 4.69. The molecule has 0 spiro atoms. The van der Waals surface area contributed by atoms with Crippen molar-refractivity contribution in [3.05, 3.63) is 0 Å². The lowest BCUT2D eigenvalue weighted by atomic mass is 9.72. The Hall–Kier alpha value is -1.26. The van der Waals surface area contributed by atoms with Gasteiger partial charge in [-0.05, 0) is 31.6 Å². The number of nitrogens with zero attached hydrogens (tertiary/aromatic N) is 1. The van der Waals surface area contributed by atoms with Crippen LogP contribution >= 0.6 is 0 Å². The molecule has 0 aromatic heterocycles. The molecule has 0 aliphatic heterocycles. The topological polar surface area (TPSA) is 87.7 Å². The second kappa shape index (κ2) is 5.80. The van der Waals surface area contributed by atoms with Crippen LogP contribution in [-0.2, 0) is 4.79 Å². The van der Waals surface area contributed by atoms with Gasteiger partial charge in [-0.2, -0.15) is 0 Å². The van der Waals surface area contributed by atoms with Crippen molar-refractivity contribution in [1.82, 2.24) is 5.32 Å². The maximum Gasteiger partial charge on any atom is 0.233 e. The molecule has 5 nitrogen and oxygen atoms in total. The molecule has 0 heterocycles. The van der Waals surface area contributed by atoms with Gasteiger partial charge in [0.2, 0.25) is 5.91 Å². The van der Waals surface area contributed by atoms with Gasteiger partial charge >= 0.3 is 0 Å². The maximum atomic E-state index is 12.5. The zero-order valence-corrected chi connectivity index (χ0v) is 12.5. The number of oxime groups is 1. The molecule has 0 bridgehead atoms. The van der Waals surface area contributed by atoms with E-state index in [9.17, 15) is 4.79 Å². The first kappa shape index (κ1) is 15.8. The predicted octanol–water partition coefficient (Wildman–Crippen LogP) is 2.23. The van der Waals surface area contributed by atoms with Crippen molar-refractivity contribution in [2.24, 2.45) is 21.7 Å². The summed E-state index contributed by atoms with van der Waals surface area (Å²) in [5.74, 6) is -0.175. The van der Waals surface area contributed by atoms with Gasteiger partial charge in [0.15, 0.2) is 5.84 Å². The average molecular weight is 269 g/mol. The molecule has 0 aromatic carbocycles. The van der Waals surface area contributed by atoms with Crippen LogP contribution in [0, 0.1) is 10.8 Å². The zero-order chi connectivity index (χ0) is 14.7. The van der Waals surface area contributed by atoms with Crippen molar-refractivity contribution in [3.63, 3.8) is 0 Å². The highest BCUT2D eigenvalue weighted by Gasteiger charge is 2.40. The lowest BCUT2D eigenvalue weighted by molar-refractivity contribution is -0.129. The Morgan fingerprint density at radius 3 is 2.63 bits per heavy atom. The summed E-state index contributed by atoms with van der Waals surface area (Å²) in [6.07, 6.45) is 4.96. The molecule has 1 rings (SSSR count). The molecule has 5 heteroatoms. The van der Waals surface area contributed by atoms with Crippen molar-refractivity contribution < 1.29 is 10.0 Å². The van der Waals surface area contributed by atoms with Crippen LogP contribution in [-0.4, -0.2) is 23.0 Å². The molecule has 0 saturated heterocycles. The molecule has 1 fully saturated rings. The fourth-order valence-corrected chi connectivity index (χ4v) is 2.65. The molecule has 19 heavy (non-hydrogen) atoms. The van der Waals surface area contributed by atoms with Crippen molar-refractivity contribution in [3.8, 4) is 0 Å². The van der Waals surface area contributed by atoms with Gasteiger partial charge in [-0.15, -0.1) is 0 Å². The summed E-state index contributed by atoms with van der Waals surface area (Å²) in [6, 6.07) is 0.158. The Morgan fingerprint density at radius 1 is 1.53 bits per heavy atom. The largest absolute Gasteiger partial charge is 0.409 e. The minimum absolute atomic E-state index is 0.0267. The van der Waals surface area contributed by atoms with Gasteiger partial charge in [0.25, 0.3) is 0 Å². The lowest BCUT2D eigenvalue weighted by Crippen LogP contribution is -2.54. The van der Waals surface area contributed by atoms with Crippen LogP contribution in [0.15, 0.2) is 5.16 Å². The summed E-state index contributed by atoms with van der Waals surface area (Å²) in [7, 11) is 0. The smallest absolute Gasteiger partial charge is 0.233 e. The number of carbonyl (C=O) groups excluding carboxylic acids is 1. The van der Waals surface area contributed by atoms with Crippen LogP contribution in [0.2, 0.25) is 0 Å². The summed E-state index contributed by atoms with van der Waals surface area (Å²) >= 11 is 0. The molecular formula is C14H27N3O2. The molecule has 0 radical (unpaired) electrons. The van der Waals surface area contributed by atoms with Gasteiger partial charge in [-0.1, -0.05) is 38.8 Å². The van der Waals surface area contributed by atoms with Crippen LogP contribution in [0.1, 0.15) is 59.8 Å². The molecule has 0 aromatic rings. The number of amides is 1. The van der Waals surface area contributed by atoms with E-state index in [2.05, 4.69) is 24.3 Å². The molecule has 1 amide bonds. The molecule has 1 saturated carbocycles. The fourth-order valence-electron chi connectivity index (χ4n) is 2.65. The Kier molecular flexibility index (Phi) is 4.82. The van der Waals surface area contributed by atoms with Gasteiger partial charge in [-0.3, -0.25) is 4.79 Å². The number of amidine groups is 1. The van der Waals surface area contributed by atoms with E-state index >= 15 is 0 Å². The normalized spacial score (nSPS) is 26.5. The summed E-state index contributed by atoms with van der Waals surface area (Å²) in [5.41, 5.74) is 4.84. The van der Waals surface area contributed by atoms with Gasteiger partial charge < -0.3 is 16.3 Å². The Bertz CT molecular complexity index is 366. The first-order chi connectivity index (χ1) is 8.78. The molecule has 4 N–H and O–H groups in total. The average Bonchev–Trinajstić information content (AvgIpc) is 2.38. The number of nitrogens with one attached hydrogen (secondary N) is 1. The molecular weight excluding hydrogens is 242 g/mol. The Labute approximate surface area is 115 Å². The third-order valence-corrected chi connectivity index (χ3v) is 4.69. The molecule has 1 aliphatic carbocycles. The van der Waals surface area contributed by atoms with E-state index in [4.69, 9.17) is 10.9 Å². The Balaban J connectivity index is 2.83. The standard InChI is InChI=1S/C14H27N3O2/c1-5-14(4,11(15)17-19)12(18)16-10-8-6-7-9-13(10,2)3/h10,19H,5-9H2,1-4H3,(H2,15,17)(H,16,18). The van der Waals surface area contributed by atoms with Gasteiger partial charge in [0, 0.05) is 6.04 Å². The number of rotatable bonds is 4. The maximum absolute atomic E-state index is 12.5. The van der Waals surface area contributed by atoms with Crippen molar-refractivity contribution in [2.75, 3.05) is 0 Å². The van der Waals surface area contributed by atoms with Crippen molar-refractivity contribution >= 4 is 11.7 Å². The first-order valence-corrected chi connectivity index (χ1v) is 7.07. The van der Waals surface area contributed by atoms with Crippen molar-refractivity contribution in [2.45, 2.75) is 65.8 Å².